The van der Waals surface area contributed by atoms with Crippen LogP contribution in [0.2, 0.25) is 0 Å². The smallest absolute Gasteiger partial charge is 0.251 e. The Morgan fingerprint density at radius 1 is 1.19 bits per heavy atom. The van der Waals surface area contributed by atoms with Crippen molar-refractivity contribution in [2.45, 2.75) is 11.8 Å². The van der Waals surface area contributed by atoms with Crippen LogP contribution in [0.4, 0.5) is 5.69 Å². The summed E-state index contributed by atoms with van der Waals surface area (Å²) in [5.41, 5.74) is 5.79. The van der Waals surface area contributed by atoms with Gasteiger partial charge < -0.3 is 11.1 Å². The molecule has 7 nitrogen and oxygen atoms in total. The first-order valence-electron chi connectivity index (χ1n) is 6.14. The van der Waals surface area contributed by atoms with Gasteiger partial charge in [-0.05, 0) is 18.2 Å². The first kappa shape index (κ1) is 17.4. The Kier molecular flexibility index (Phi) is 5.35. The zero-order chi connectivity index (χ0) is 16.3. The van der Waals surface area contributed by atoms with Crippen molar-refractivity contribution in [1.82, 2.24) is 5.32 Å². The molecule has 1 rings (SSSR count). The van der Waals surface area contributed by atoms with E-state index in [0.29, 0.717) is 0 Å². The van der Waals surface area contributed by atoms with Crippen LogP contribution in [0.15, 0.2) is 23.1 Å². The van der Waals surface area contributed by atoms with Crippen LogP contribution in [0.25, 0.3) is 0 Å². The number of amides is 1. The third-order valence-corrected chi connectivity index (χ3v) is 5.56. The molecule has 0 bridgehead atoms. The van der Waals surface area contributed by atoms with Gasteiger partial charge in [-0.25, -0.2) is 16.8 Å². The molecule has 0 aliphatic rings. The van der Waals surface area contributed by atoms with Gasteiger partial charge in [-0.2, -0.15) is 0 Å². The number of benzene rings is 1. The number of carbonyl (C=O) groups is 1. The van der Waals surface area contributed by atoms with Crippen molar-refractivity contribution in [2.75, 3.05) is 30.0 Å². The van der Waals surface area contributed by atoms with Crippen molar-refractivity contribution in [1.29, 1.82) is 0 Å². The second-order valence-electron chi connectivity index (χ2n) is 4.56. The van der Waals surface area contributed by atoms with Crippen LogP contribution in [0.5, 0.6) is 0 Å². The van der Waals surface area contributed by atoms with E-state index in [9.17, 15) is 21.6 Å². The Morgan fingerprint density at radius 2 is 1.81 bits per heavy atom. The summed E-state index contributed by atoms with van der Waals surface area (Å²) in [5.74, 6) is -0.742. The van der Waals surface area contributed by atoms with Gasteiger partial charge >= 0.3 is 0 Å². The molecule has 0 aliphatic carbocycles. The molecule has 3 N–H and O–H groups in total. The lowest BCUT2D eigenvalue weighted by Gasteiger charge is -2.08. The van der Waals surface area contributed by atoms with Crippen LogP contribution in [-0.2, 0) is 19.7 Å². The molecule has 0 saturated carbocycles. The van der Waals surface area contributed by atoms with Gasteiger partial charge in [0.1, 0.15) is 0 Å². The molecule has 0 saturated heterocycles. The largest absolute Gasteiger partial charge is 0.399 e. The Labute approximate surface area is 124 Å². The number of nitrogen functional groups attached to an aromatic ring is 1. The molecule has 1 amide bonds. The number of hydrogen-bond acceptors (Lipinski definition) is 6. The van der Waals surface area contributed by atoms with E-state index < -0.39 is 25.6 Å². The highest BCUT2D eigenvalue weighted by molar-refractivity contribution is 7.91. The summed E-state index contributed by atoms with van der Waals surface area (Å²) in [4.78, 5) is 11.8. The van der Waals surface area contributed by atoms with Gasteiger partial charge in [-0.3, -0.25) is 4.79 Å². The number of carbonyl (C=O) groups excluding carboxylic acids is 1. The van der Waals surface area contributed by atoms with Crippen LogP contribution in [0, 0.1) is 0 Å². The van der Waals surface area contributed by atoms with Gasteiger partial charge in [0.2, 0.25) is 0 Å². The van der Waals surface area contributed by atoms with Gasteiger partial charge in [-0.1, -0.05) is 6.92 Å². The maximum Gasteiger partial charge on any atom is 0.251 e. The van der Waals surface area contributed by atoms with Crippen molar-refractivity contribution in [3.05, 3.63) is 23.8 Å². The normalized spacial score (nSPS) is 12.1. The predicted octanol–water partition coefficient (Wildman–Crippen LogP) is -0.163. The average Bonchev–Trinajstić information content (AvgIpc) is 2.36. The first-order valence-corrected chi connectivity index (χ1v) is 9.85. The van der Waals surface area contributed by atoms with E-state index in [1.165, 1.54) is 25.1 Å². The van der Waals surface area contributed by atoms with E-state index in [1.54, 1.807) is 0 Å². The zero-order valence-corrected chi connectivity index (χ0v) is 13.4. The second kappa shape index (κ2) is 6.44. The topological polar surface area (TPSA) is 123 Å². The van der Waals surface area contributed by atoms with Gasteiger partial charge in [-0.15, -0.1) is 0 Å². The number of nitrogens with two attached hydrogens (primary N) is 1. The lowest BCUT2D eigenvalue weighted by molar-refractivity contribution is 0.0956. The van der Waals surface area contributed by atoms with Gasteiger partial charge in [0.25, 0.3) is 5.91 Å². The lowest BCUT2D eigenvalue weighted by Crippen LogP contribution is -2.29. The SMILES string of the molecule is CCS(=O)(=O)CCNC(=O)c1cc(N)cc(S(C)(=O)=O)c1. The van der Waals surface area contributed by atoms with Crippen LogP contribution in [0.3, 0.4) is 0 Å². The summed E-state index contributed by atoms with van der Waals surface area (Å²) in [7, 11) is -6.66. The maximum absolute atomic E-state index is 11.9. The summed E-state index contributed by atoms with van der Waals surface area (Å²) >= 11 is 0. The highest BCUT2D eigenvalue weighted by Gasteiger charge is 2.14. The molecule has 9 heteroatoms. The predicted molar refractivity (Wildman–Crippen MR) is 80.6 cm³/mol. The van der Waals surface area contributed by atoms with E-state index in [0.717, 1.165) is 6.26 Å². The molecule has 0 fully saturated rings. The van der Waals surface area contributed by atoms with E-state index in [4.69, 9.17) is 5.73 Å². The van der Waals surface area contributed by atoms with Crippen molar-refractivity contribution in [3.63, 3.8) is 0 Å². The number of hydrogen-bond donors (Lipinski definition) is 2. The summed E-state index contributed by atoms with van der Waals surface area (Å²) in [6.07, 6.45) is 1.01. The van der Waals surface area contributed by atoms with Crippen LogP contribution in [0.1, 0.15) is 17.3 Å². The lowest BCUT2D eigenvalue weighted by atomic mass is 10.2. The molecule has 0 atom stereocenters. The number of sulfone groups is 2. The summed E-state index contributed by atoms with van der Waals surface area (Å²) < 4.78 is 45.6. The standard InChI is InChI=1S/C12H18N2O5S2/c1-3-21(18,19)5-4-14-12(15)9-6-10(13)8-11(7-9)20(2,16)17/h6-8H,3-5,13H2,1-2H3,(H,14,15). The molecule has 1 aromatic rings. The molecule has 0 heterocycles. The van der Waals surface area contributed by atoms with E-state index in [1.807, 2.05) is 0 Å². The minimum Gasteiger partial charge on any atom is -0.399 e. The number of anilines is 1. The van der Waals surface area contributed by atoms with Crippen molar-refractivity contribution in [3.8, 4) is 0 Å². The Bertz CT molecular complexity index is 739. The minimum atomic E-state index is -3.48. The fourth-order valence-electron chi connectivity index (χ4n) is 1.53. The molecule has 0 aromatic heterocycles. The number of rotatable bonds is 6. The second-order valence-corrected chi connectivity index (χ2v) is 9.04. The molecule has 0 radical (unpaired) electrons. The molecular weight excluding hydrogens is 316 g/mol. The van der Waals surface area contributed by atoms with E-state index in [-0.39, 0.29) is 34.2 Å². The van der Waals surface area contributed by atoms with Crippen molar-refractivity contribution in [2.24, 2.45) is 0 Å². The molecular formula is C12H18N2O5S2. The van der Waals surface area contributed by atoms with Crippen LogP contribution < -0.4 is 11.1 Å². The summed E-state index contributed by atoms with van der Waals surface area (Å²) in [6.45, 7) is 1.48. The molecule has 118 valence electrons. The minimum absolute atomic E-state index is 0.000613. The highest BCUT2D eigenvalue weighted by atomic mass is 32.2. The van der Waals surface area contributed by atoms with Gasteiger partial charge in [0.15, 0.2) is 19.7 Å². The third-order valence-electron chi connectivity index (χ3n) is 2.76. The van der Waals surface area contributed by atoms with Gasteiger partial charge in [0.05, 0.1) is 10.6 Å². The van der Waals surface area contributed by atoms with Crippen molar-refractivity contribution < 1.29 is 21.6 Å². The Hall–Kier alpha value is -1.61. The van der Waals surface area contributed by atoms with Crippen LogP contribution >= 0.6 is 0 Å². The molecule has 0 spiro atoms. The number of nitrogens with one attached hydrogen (secondary N) is 1. The highest BCUT2D eigenvalue weighted by Crippen LogP contribution is 2.16. The molecule has 1 aromatic carbocycles. The maximum atomic E-state index is 11.9. The van der Waals surface area contributed by atoms with Crippen LogP contribution in [-0.4, -0.2) is 47.0 Å². The first-order chi connectivity index (χ1) is 9.55. The molecule has 0 unspecified atom stereocenters. The van der Waals surface area contributed by atoms with Gasteiger partial charge in [0, 0.05) is 29.8 Å². The zero-order valence-electron chi connectivity index (χ0n) is 11.8. The monoisotopic (exact) mass is 334 g/mol. The summed E-state index contributed by atoms with van der Waals surface area (Å²) in [6, 6.07) is 3.79. The third kappa shape index (κ3) is 5.35. The quantitative estimate of drug-likeness (QED) is 0.697. The average molecular weight is 334 g/mol. The fourth-order valence-corrected chi connectivity index (χ4v) is 2.93. The fraction of sp³-hybridized carbons (Fsp3) is 0.417. The molecule has 0 aliphatic heterocycles. The summed E-state index contributed by atoms with van der Waals surface area (Å²) in [5, 5.41) is 2.43. The Morgan fingerprint density at radius 3 is 2.33 bits per heavy atom. The molecule has 21 heavy (non-hydrogen) atoms. The van der Waals surface area contributed by atoms with E-state index in [2.05, 4.69) is 5.32 Å². The Balaban J connectivity index is 2.87. The van der Waals surface area contributed by atoms with Crippen molar-refractivity contribution >= 4 is 31.3 Å². The van der Waals surface area contributed by atoms with E-state index >= 15 is 0 Å².